The molecule has 9 heteroatoms. The molecule has 0 unspecified atom stereocenters. The van der Waals surface area contributed by atoms with E-state index < -0.39 is 12.1 Å². The van der Waals surface area contributed by atoms with Crippen molar-refractivity contribution in [2.45, 2.75) is 44.3 Å². The number of hydrogen-bond acceptors (Lipinski definition) is 4. The van der Waals surface area contributed by atoms with Gasteiger partial charge in [-0.25, -0.2) is 4.79 Å². The van der Waals surface area contributed by atoms with Gasteiger partial charge in [-0.1, -0.05) is 11.3 Å². The smallest absolute Gasteiger partial charge is 0.331 e. The van der Waals surface area contributed by atoms with E-state index >= 15 is 0 Å². The van der Waals surface area contributed by atoms with E-state index in [4.69, 9.17) is 0 Å². The third-order valence-corrected chi connectivity index (χ3v) is 5.13. The molecule has 1 aliphatic heterocycles. The summed E-state index contributed by atoms with van der Waals surface area (Å²) in [4.78, 5) is 13.4. The van der Waals surface area contributed by atoms with Gasteiger partial charge in [0.1, 0.15) is 10.0 Å². The second-order valence-corrected chi connectivity index (χ2v) is 6.86. The molecule has 2 aliphatic rings. The molecular weight excluding hydrogens is 317 g/mol. The Balaban J connectivity index is 1.44. The summed E-state index contributed by atoms with van der Waals surface area (Å²) in [6, 6.07) is -0.330. The zero-order valence-corrected chi connectivity index (χ0v) is 12.7. The number of carbonyl (C=O) groups excluding carboxylic acids is 1. The number of hydrogen-bond donors (Lipinski definition) is 1. The van der Waals surface area contributed by atoms with Gasteiger partial charge in [-0.3, -0.25) is 0 Å². The minimum absolute atomic E-state index is 0.0262. The Labute approximate surface area is 129 Å². The molecule has 0 atom stereocenters. The van der Waals surface area contributed by atoms with Gasteiger partial charge in [-0.15, -0.1) is 10.2 Å². The average Bonchev–Trinajstić information content (AvgIpc) is 3.23. The number of carbonyl (C=O) groups is 1. The molecule has 1 aromatic heterocycles. The number of nitrogens with one attached hydrogen (secondary N) is 1. The van der Waals surface area contributed by atoms with E-state index in [0.29, 0.717) is 5.92 Å². The zero-order chi connectivity index (χ0) is 15.7. The van der Waals surface area contributed by atoms with E-state index in [1.54, 1.807) is 0 Å². The lowest BCUT2D eigenvalue weighted by Crippen LogP contribution is -2.46. The van der Waals surface area contributed by atoms with E-state index in [1.807, 2.05) is 0 Å². The quantitative estimate of drug-likeness (QED) is 0.925. The Hall–Kier alpha value is -1.38. The van der Waals surface area contributed by atoms with Crippen LogP contribution in [0, 0.1) is 5.92 Å². The van der Waals surface area contributed by atoms with Gasteiger partial charge in [0.2, 0.25) is 0 Å². The molecule has 3 rings (SSSR count). The fraction of sp³-hybridized carbons (Fsp3) is 0.769. The molecule has 0 aromatic carbocycles. The topological polar surface area (TPSA) is 58.1 Å². The third kappa shape index (κ3) is 3.68. The Morgan fingerprint density at radius 3 is 2.50 bits per heavy atom. The molecule has 1 N–H and O–H groups in total. The molecular formula is C13H17F3N4OS. The van der Waals surface area contributed by atoms with Crippen molar-refractivity contribution in [2.75, 3.05) is 13.1 Å². The van der Waals surface area contributed by atoms with Gasteiger partial charge in [-0.2, -0.15) is 13.2 Å². The fourth-order valence-electron chi connectivity index (χ4n) is 2.51. The number of nitrogens with zero attached hydrogens (tertiary/aromatic N) is 3. The summed E-state index contributed by atoms with van der Waals surface area (Å²) in [5, 5.41) is 12.6. The maximum atomic E-state index is 12.6. The number of likely N-dealkylation sites (tertiary alicyclic amines) is 1. The third-order valence-electron chi connectivity index (χ3n) is 4.04. The van der Waals surface area contributed by atoms with Crippen molar-refractivity contribution in [3.8, 4) is 0 Å². The number of aromatic nitrogens is 2. The van der Waals surface area contributed by atoms with Gasteiger partial charge < -0.3 is 10.2 Å². The molecule has 1 aliphatic carbocycles. The molecule has 1 aromatic rings. The highest BCUT2D eigenvalue weighted by Crippen LogP contribution is 2.41. The van der Waals surface area contributed by atoms with Crippen molar-refractivity contribution in [3.05, 3.63) is 10.0 Å². The summed E-state index contributed by atoms with van der Waals surface area (Å²) in [5.74, 6) is -0.760. The van der Waals surface area contributed by atoms with Crippen molar-refractivity contribution in [1.82, 2.24) is 20.4 Å². The highest BCUT2D eigenvalue weighted by Gasteiger charge is 2.41. The number of alkyl halides is 3. The molecule has 22 heavy (non-hydrogen) atoms. The van der Waals surface area contributed by atoms with Crippen LogP contribution in [0.1, 0.15) is 41.6 Å². The van der Waals surface area contributed by atoms with Crippen molar-refractivity contribution in [3.63, 3.8) is 0 Å². The van der Waals surface area contributed by atoms with E-state index in [9.17, 15) is 18.0 Å². The molecule has 1 saturated heterocycles. The Kier molecular flexibility index (Phi) is 4.24. The number of amides is 2. The van der Waals surface area contributed by atoms with Crippen LogP contribution in [0.15, 0.2) is 0 Å². The summed E-state index contributed by atoms with van der Waals surface area (Å²) >= 11 is 1.49. The summed E-state index contributed by atoms with van der Waals surface area (Å²) < 4.78 is 37.7. The van der Waals surface area contributed by atoms with Crippen molar-refractivity contribution < 1.29 is 18.0 Å². The molecule has 0 bridgehead atoms. The van der Waals surface area contributed by atoms with Crippen LogP contribution in [0.5, 0.6) is 0 Å². The summed E-state index contributed by atoms with van der Waals surface area (Å²) in [6.07, 6.45) is -1.91. The van der Waals surface area contributed by atoms with Crippen LogP contribution < -0.4 is 5.32 Å². The number of rotatable bonds is 3. The lowest BCUT2D eigenvalue weighted by Gasteiger charge is -2.32. The fourth-order valence-corrected chi connectivity index (χ4v) is 3.46. The van der Waals surface area contributed by atoms with Crippen LogP contribution in [-0.2, 0) is 6.54 Å². The number of halogens is 3. The Morgan fingerprint density at radius 2 is 1.91 bits per heavy atom. The first-order chi connectivity index (χ1) is 10.4. The number of urea groups is 1. The van der Waals surface area contributed by atoms with Gasteiger partial charge in [0.05, 0.1) is 12.5 Å². The second kappa shape index (κ2) is 6.02. The number of piperidine rings is 1. The van der Waals surface area contributed by atoms with E-state index in [-0.39, 0.29) is 38.5 Å². The second-order valence-electron chi connectivity index (χ2n) is 5.77. The Morgan fingerprint density at radius 1 is 1.23 bits per heavy atom. The molecule has 1 saturated carbocycles. The first kappa shape index (κ1) is 15.5. The van der Waals surface area contributed by atoms with E-state index in [2.05, 4.69) is 15.5 Å². The predicted octanol–water partition coefficient (Wildman–Crippen LogP) is 2.90. The zero-order valence-electron chi connectivity index (χ0n) is 11.9. The molecule has 2 amide bonds. The Bertz CT molecular complexity index is 536. The molecule has 0 radical (unpaired) electrons. The highest BCUT2D eigenvalue weighted by molar-refractivity contribution is 7.11. The van der Waals surface area contributed by atoms with Crippen LogP contribution in [0.2, 0.25) is 0 Å². The van der Waals surface area contributed by atoms with Crippen LogP contribution in [0.4, 0.5) is 18.0 Å². The molecule has 2 heterocycles. The maximum absolute atomic E-state index is 12.6. The van der Waals surface area contributed by atoms with Gasteiger partial charge >= 0.3 is 12.2 Å². The predicted molar refractivity (Wildman–Crippen MR) is 74.5 cm³/mol. The van der Waals surface area contributed by atoms with Crippen LogP contribution >= 0.6 is 11.3 Å². The molecule has 5 nitrogen and oxygen atoms in total. The lowest BCUT2D eigenvalue weighted by molar-refractivity contribution is -0.183. The molecule has 2 fully saturated rings. The monoisotopic (exact) mass is 334 g/mol. The van der Waals surface area contributed by atoms with E-state index in [1.165, 1.54) is 16.2 Å². The van der Waals surface area contributed by atoms with Crippen molar-refractivity contribution >= 4 is 17.4 Å². The van der Waals surface area contributed by atoms with Crippen molar-refractivity contribution in [1.29, 1.82) is 0 Å². The largest absolute Gasteiger partial charge is 0.391 e. The normalized spacial score (nSPS) is 20.2. The first-order valence-electron chi connectivity index (χ1n) is 7.35. The standard InChI is InChI=1S/C13H17F3N4OS/c14-13(15,16)9-3-5-20(6-4-9)12(21)17-7-10-18-19-11(22-10)8-1-2-8/h8-9H,1-7H2,(H,17,21). The van der Waals surface area contributed by atoms with Gasteiger partial charge in [0.15, 0.2) is 0 Å². The average molecular weight is 334 g/mol. The minimum atomic E-state index is -4.16. The molecule has 122 valence electrons. The maximum Gasteiger partial charge on any atom is 0.391 e. The summed E-state index contributed by atoms with van der Waals surface area (Å²) in [5.41, 5.74) is 0. The van der Waals surface area contributed by atoms with Gasteiger partial charge in [0.25, 0.3) is 0 Å². The van der Waals surface area contributed by atoms with Crippen LogP contribution in [0.3, 0.4) is 0 Å². The summed E-state index contributed by atoms with van der Waals surface area (Å²) in [6.45, 7) is 0.557. The van der Waals surface area contributed by atoms with Crippen LogP contribution in [0.25, 0.3) is 0 Å². The van der Waals surface area contributed by atoms with Crippen molar-refractivity contribution in [2.24, 2.45) is 5.92 Å². The SMILES string of the molecule is O=C(NCc1nnc(C2CC2)s1)N1CCC(C(F)(F)F)CC1. The molecule has 0 spiro atoms. The van der Waals surface area contributed by atoms with Crippen LogP contribution in [-0.4, -0.2) is 40.4 Å². The lowest BCUT2D eigenvalue weighted by atomic mass is 9.96. The van der Waals surface area contributed by atoms with Gasteiger partial charge in [0, 0.05) is 19.0 Å². The summed E-state index contributed by atoms with van der Waals surface area (Å²) in [7, 11) is 0. The van der Waals surface area contributed by atoms with E-state index in [0.717, 1.165) is 22.9 Å². The van der Waals surface area contributed by atoms with Gasteiger partial charge in [-0.05, 0) is 25.7 Å². The minimum Gasteiger partial charge on any atom is -0.331 e. The first-order valence-corrected chi connectivity index (χ1v) is 8.17. The highest BCUT2D eigenvalue weighted by atomic mass is 32.1.